The number of ether oxygens (including phenoxy) is 3. The van der Waals surface area contributed by atoms with E-state index in [-0.39, 0.29) is 5.69 Å². The van der Waals surface area contributed by atoms with E-state index >= 15 is 0 Å². The van der Waals surface area contributed by atoms with Crippen LogP contribution in [0.5, 0.6) is 17.5 Å². The number of rotatable bonds is 6. The van der Waals surface area contributed by atoms with Crippen LogP contribution in [-0.4, -0.2) is 30.3 Å². The first-order valence-electron chi connectivity index (χ1n) is 5.76. The monoisotopic (exact) mass is 261 g/mol. The second-order valence-electron chi connectivity index (χ2n) is 3.61. The smallest absolute Gasteiger partial charge is 0.244 e. The molecule has 6 nitrogen and oxygen atoms in total. The maximum absolute atomic E-state index is 5.77. The van der Waals surface area contributed by atoms with Gasteiger partial charge in [0.1, 0.15) is 25.3 Å². The number of hydrogen-bond donors (Lipinski definition) is 1. The van der Waals surface area contributed by atoms with Crippen molar-refractivity contribution in [1.82, 2.24) is 9.97 Å². The first-order chi connectivity index (χ1) is 9.31. The van der Waals surface area contributed by atoms with Crippen molar-refractivity contribution >= 4 is 5.69 Å². The SMILES string of the molecule is COc1ncnc(OCCOc2ccccc2)c1N. The largest absolute Gasteiger partial charge is 0.490 e. The van der Waals surface area contributed by atoms with Gasteiger partial charge in [-0.05, 0) is 12.1 Å². The van der Waals surface area contributed by atoms with Crippen LogP contribution in [0.2, 0.25) is 0 Å². The topological polar surface area (TPSA) is 79.5 Å². The molecule has 0 atom stereocenters. The zero-order chi connectivity index (χ0) is 13.5. The Morgan fingerprint density at radius 3 is 2.42 bits per heavy atom. The van der Waals surface area contributed by atoms with Gasteiger partial charge in [-0.25, -0.2) is 0 Å². The Morgan fingerprint density at radius 1 is 1.00 bits per heavy atom. The molecule has 0 radical (unpaired) electrons. The first kappa shape index (κ1) is 12.9. The molecule has 0 amide bonds. The molecule has 0 fully saturated rings. The van der Waals surface area contributed by atoms with Crippen LogP contribution in [0.4, 0.5) is 5.69 Å². The highest BCUT2D eigenvalue weighted by Crippen LogP contribution is 2.25. The summed E-state index contributed by atoms with van der Waals surface area (Å²) in [7, 11) is 1.49. The summed E-state index contributed by atoms with van der Waals surface area (Å²) in [6, 6.07) is 9.49. The first-order valence-corrected chi connectivity index (χ1v) is 5.76. The van der Waals surface area contributed by atoms with E-state index in [2.05, 4.69) is 9.97 Å². The second-order valence-corrected chi connectivity index (χ2v) is 3.61. The maximum Gasteiger partial charge on any atom is 0.244 e. The third-order valence-electron chi connectivity index (χ3n) is 2.34. The zero-order valence-corrected chi connectivity index (χ0v) is 10.6. The summed E-state index contributed by atoms with van der Waals surface area (Å²) in [5.74, 6) is 1.39. The fourth-order valence-corrected chi connectivity index (χ4v) is 1.46. The quantitative estimate of drug-likeness (QED) is 0.794. The normalized spacial score (nSPS) is 9.95. The summed E-state index contributed by atoms with van der Waals surface area (Å²) >= 11 is 0. The lowest BCUT2D eigenvalue weighted by atomic mass is 10.3. The van der Waals surface area contributed by atoms with E-state index in [0.717, 1.165) is 5.75 Å². The lowest BCUT2D eigenvalue weighted by Gasteiger charge is -2.10. The molecule has 100 valence electrons. The fourth-order valence-electron chi connectivity index (χ4n) is 1.46. The minimum atomic E-state index is 0.282. The Morgan fingerprint density at radius 2 is 1.68 bits per heavy atom. The molecule has 0 aliphatic heterocycles. The summed E-state index contributed by atoms with van der Waals surface area (Å²) in [5.41, 5.74) is 6.05. The third kappa shape index (κ3) is 3.48. The van der Waals surface area contributed by atoms with Gasteiger partial charge in [-0.3, -0.25) is 0 Å². The molecule has 0 aliphatic rings. The van der Waals surface area contributed by atoms with Crippen molar-refractivity contribution in [3.63, 3.8) is 0 Å². The van der Waals surface area contributed by atoms with Crippen LogP contribution in [0.3, 0.4) is 0 Å². The summed E-state index contributed by atoms with van der Waals surface area (Å²) < 4.78 is 15.9. The number of para-hydroxylation sites is 1. The number of benzene rings is 1. The van der Waals surface area contributed by atoms with Crippen LogP contribution in [-0.2, 0) is 0 Å². The minimum absolute atomic E-state index is 0.282. The number of anilines is 1. The number of nitrogens with zero attached hydrogens (tertiary/aromatic N) is 2. The molecule has 0 saturated heterocycles. The summed E-state index contributed by atoms with van der Waals surface area (Å²) in [6.45, 7) is 0.731. The standard InChI is InChI=1S/C13H15N3O3/c1-17-12-11(14)13(16-9-15-12)19-8-7-18-10-5-3-2-4-6-10/h2-6,9H,7-8,14H2,1H3. The maximum atomic E-state index is 5.77. The van der Waals surface area contributed by atoms with Gasteiger partial charge in [0.05, 0.1) is 7.11 Å². The van der Waals surface area contributed by atoms with Gasteiger partial charge in [0.2, 0.25) is 11.8 Å². The third-order valence-corrected chi connectivity index (χ3v) is 2.34. The van der Waals surface area contributed by atoms with Gasteiger partial charge >= 0.3 is 0 Å². The summed E-state index contributed by atoms with van der Waals surface area (Å²) in [5, 5.41) is 0. The van der Waals surface area contributed by atoms with Crippen molar-refractivity contribution in [1.29, 1.82) is 0 Å². The molecule has 6 heteroatoms. The molecule has 19 heavy (non-hydrogen) atoms. The van der Waals surface area contributed by atoms with E-state index < -0.39 is 0 Å². The average Bonchev–Trinajstić information content (AvgIpc) is 2.46. The Kier molecular flexibility index (Phi) is 4.39. The minimum Gasteiger partial charge on any atom is -0.490 e. The molecule has 2 N–H and O–H groups in total. The molecule has 1 heterocycles. The highest BCUT2D eigenvalue weighted by Gasteiger charge is 2.09. The predicted molar refractivity (Wildman–Crippen MR) is 70.4 cm³/mol. The van der Waals surface area contributed by atoms with E-state index in [1.165, 1.54) is 13.4 Å². The molecule has 1 aromatic heterocycles. The van der Waals surface area contributed by atoms with Crippen molar-refractivity contribution in [2.45, 2.75) is 0 Å². The van der Waals surface area contributed by atoms with Gasteiger partial charge in [-0.15, -0.1) is 0 Å². The predicted octanol–water partition coefficient (Wildman–Crippen LogP) is 1.53. The highest BCUT2D eigenvalue weighted by atomic mass is 16.5. The van der Waals surface area contributed by atoms with Crippen LogP contribution >= 0.6 is 0 Å². The molecule has 0 aliphatic carbocycles. The Balaban J connectivity index is 1.83. The van der Waals surface area contributed by atoms with Crippen LogP contribution < -0.4 is 19.9 Å². The molecule has 0 unspecified atom stereocenters. The highest BCUT2D eigenvalue weighted by molar-refractivity contribution is 5.55. The second kappa shape index (κ2) is 6.44. The average molecular weight is 261 g/mol. The van der Waals surface area contributed by atoms with Crippen molar-refractivity contribution in [2.75, 3.05) is 26.1 Å². The lowest BCUT2D eigenvalue weighted by Crippen LogP contribution is -2.11. The molecular weight excluding hydrogens is 246 g/mol. The molecule has 0 saturated carbocycles. The summed E-state index contributed by atoms with van der Waals surface area (Å²) in [6.07, 6.45) is 1.34. The number of hydrogen-bond acceptors (Lipinski definition) is 6. The van der Waals surface area contributed by atoms with Crippen LogP contribution in [0.25, 0.3) is 0 Å². The fraction of sp³-hybridized carbons (Fsp3) is 0.231. The Bertz CT molecular complexity index is 520. The van der Waals surface area contributed by atoms with Gasteiger partial charge in [0, 0.05) is 0 Å². The van der Waals surface area contributed by atoms with Gasteiger partial charge in [-0.1, -0.05) is 18.2 Å². The van der Waals surface area contributed by atoms with Gasteiger partial charge in [-0.2, -0.15) is 9.97 Å². The van der Waals surface area contributed by atoms with E-state index in [0.29, 0.717) is 25.0 Å². The zero-order valence-electron chi connectivity index (χ0n) is 10.6. The molecular formula is C13H15N3O3. The molecule has 0 bridgehead atoms. The van der Waals surface area contributed by atoms with E-state index in [1.807, 2.05) is 30.3 Å². The van der Waals surface area contributed by atoms with Crippen molar-refractivity contribution in [3.05, 3.63) is 36.7 Å². The molecule has 0 spiro atoms. The Labute approximate surface area is 111 Å². The molecule has 2 aromatic rings. The van der Waals surface area contributed by atoms with Gasteiger partial charge in [0.25, 0.3) is 0 Å². The molecule has 1 aromatic carbocycles. The summed E-state index contributed by atoms with van der Waals surface area (Å²) in [4.78, 5) is 7.80. The number of nitrogens with two attached hydrogens (primary N) is 1. The van der Waals surface area contributed by atoms with Crippen LogP contribution in [0.15, 0.2) is 36.7 Å². The van der Waals surface area contributed by atoms with Crippen molar-refractivity contribution < 1.29 is 14.2 Å². The van der Waals surface area contributed by atoms with E-state index in [4.69, 9.17) is 19.9 Å². The van der Waals surface area contributed by atoms with E-state index in [1.54, 1.807) is 0 Å². The van der Waals surface area contributed by atoms with Gasteiger partial charge in [0.15, 0.2) is 5.69 Å². The van der Waals surface area contributed by atoms with Gasteiger partial charge < -0.3 is 19.9 Å². The lowest BCUT2D eigenvalue weighted by molar-refractivity contribution is 0.212. The number of methoxy groups -OCH3 is 1. The number of aromatic nitrogens is 2. The van der Waals surface area contributed by atoms with Crippen LogP contribution in [0.1, 0.15) is 0 Å². The van der Waals surface area contributed by atoms with Crippen molar-refractivity contribution in [3.8, 4) is 17.5 Å². The van der Waals surface area contributed by atoms with Crippen LogP contribution in [0, 0.1) is 0 Å². The van der Waals surface area contributed by atoms with Crippen molar-refractivity contribution in [2.24, 2.45) is 0 Å². The molecule has 2 rings (SSSR count). The van der Waals surface area contributed by atoms with E-state index in [9.17, 15) is 0 Å². The number of nitrogen functional groups attached to an aromatic ring is 1. The Hall–Kier alpha value is -2.50.